The Morgan fingerprint density at radius 2 is 2.31 bits per heavy atom. The molecule has 2 rings (SSSR count). The Morgan fingerprint density at radius 1 is 1.56 bits per heavy atom. The fourth-order valence-electron chi connectivity index (χ4n) is 1.89. The zero-order chi connectivity index (χ0) is 11.5. The monoisotopic (exact) mass is 284 g/mol. The SMILES string of the molecule is COc1ccc(C(CC2CC2)NN)cc1Br. The number of hydrogen-bond acceptors (Lipinski definition) is 3. The Hall–Kier alpha value is -0.580. The smallest absolute Gasteiger partial charge is 0.133 e. The van der Waals surface area contributed by atoms with Crippen LogP contribution in [0.5, 0.6) is 5.75 Å². The molecule has 0 saturated heterocycles. The molecular formula is C12H17BrN2O. The molecular weight excluding hydrogens is 268 g/mol. The molecule has 1 unspecified atom stereocenters. The third-order valence-corrected chi connectivity index (χ3v) is 3.67. The van der Waals surface area contributed by atoms with Crippen molar-refractivity contribution in [3.63, 3.8) is 0 Å². The van der Waals surface area contributed by atoms with Gasteiger partial charge in [-0.3, -0.25) is 11.3 Å². The van der Waals surface area contributed by atoms with E-state index in [-0.39, 0.29) is 6.04 Å². The molecule has 0 bridgehead atoms. The summed E-state index contributed by atoms with van der Waals surface area (Å²) in [6.07, 6.45) is 3.81. The van der Waals surface area contributed by atoms with Crippen molar-refractivity contribution in [3.05, 3.63) is 28.2 Å². The fourth-order valence-corrected chi connectivity index (χ4v) is 2.44. The van der Waals surface area contributed by atoms with Crippen molar-refractivity contribution in [2.75, 3.05) is 7.11 Å². The van der Waals surface area contributed by atoms with E-state index in [9.17, 15) is 0 Å². The molecule has 0 aromatic heterocycles. The Balaban J connectivity index is 2.13. The van der Waals surface area contributed by atoms with E-state index in [1.807, 2.05) is 6.07 Å². The highest BCUT2D eigenvalue weighted by molar-refractivity contribution is 9.10. The van der Waals surface area contributed by atoms with Gasteiger partial charge in [0.25, 0.3) is 0 Å². The highest BCUT2D eigenvalue weighted by Crippen LogP contribution is 2.38. The van der Waals surface area contributed by atoms with Crippen LogP contribution in [0.25, 0.3) is 0 Å². The third-order valence-electron chi connectivity index (χ3n) is 3.05. The van der Waals surface area contributed by atoms with Crippen molar-refractivity contribution >= 4 is 15.9 Å². The molecule has 4 heteroatoms. The first-order valence-corrected chi connectivity index (χ1v) is 6.33. The number of ether oxygens (including phenoxy) is 1. The number of halogens is 1. The first-order valence-electron chi connectivity index (χ1n) is 5.54. The number of nitrogens with two attached hydrogens (primary N) is 1. The van der Waals surface area contributed by atoms with Gasteiger partial charge in [-0.15, -0.1) is 0 Å². The molecule has 3 N–H and O–H groups in total. The Labute approximate surface area is 104 Å². The minimum Gasteiger partial charge on any atom is -0.496 e. The maximum absolute atomic E-state index is 5.60. The summed E-state index contributed by atoms with van der Waals surface area (Å²) >= 11 is 3.49. The van der Waals surface area contributed by atoms with Gasteiger partial charge in [-0.05, 0) is 46.0 Å². The first-order chi connectivity index (χ1) is 7.74. The van der Waals surface area contributed by atoms with Gasteiger partial charge >= 0.3 is 0 Å². The van der Waals surface area contributed by atoms with Crippen molar-refractivity contribution in [3.8, 4) is 5.75 Å². The molecule has 1 atom stereocenters. The van der Waals surface area contributed by atoms with Crippen LogP contribution < -0.4 is 16.0 Å². The average Bonchev–Trinajstić information content (AvgIpc) is 3.09. The van der Waals surface area contributed by atoms with Gasteiger partial charge in [0.05, 0.1) is 11.6 Å². The lowest BCUT2D eigenvalue weighted by molar-refractivity contribution is 0.411. The van der Waals surface area contributed by atoms with Gasteiger partial charge < -0.3 is 4.74 Å². The molecule has 0 aliphatic heterocycles. The minimum absolute atomic E-state index is 0.245. The van der Waals surface area contributed by atoms with Gasteiger partial charge in [0.15, 0.2) is 0 Å². The zero-order valence-corrected chi connectivity index (χ0v) is 11.0. The third kappa shape index (κ3) is 2.75. The van der Waals surface area contributed by atoms with E-state index in [1.165, 1.54) is 18.4 Å². The van der Waals surface area contributed by atoms with Crippen molar-refractivity contribution < 1.29 is 4.74 Å². The van der Waals surface area contributed by atoms with Crippen LogP contribution in [0.1, 0.15) is 30.9 Å². The molecule has 0 radical (unpaired) electrons. The van der Waals surface area contributed by atoms with Crippen LogP contribution in [0.4, 0.5) is 0 Å². The molecule has 0 amide bonds. The quantitative estimate of drug-likeness (QED) is 0.646. The van der Waals surface area contributed by atoms with Gasteiger partial charge in [-0.25, -0.2) is 0 Å². The Kier molecular flexibility index (Phi) is 3.84. The predicted octanol–water partition coefficient (Wildman–Crippen LogP) is 2.76. The van der Waals surface area contributed by atoms with E-state index >= 15 is 0 Å². The van der Waals surface area contributed by atoms with Crippen LogP contribution in [-0.2, 0) is 0 Å². The van der Waals surface area contributed by atoms with Crippen LogP contribution in [0, 0.1) is 5.92 Å². The van der Waals surface area contributed by atoms with Crippen molar-refractivity contribution in [1.29, 1.82) is 0 Å². The maximum Gasteiger partial charge on any atom is 0.133 e. The largest absolute Gasteiger partial charge is 0.496 e. The summed E-state index contributed by atoms with van der Waals surface area (Å²) in [6.45, 7) is 0. The molecule has 1 aliphatic rings. The van der Waals surface area contributed by atoms with Crippen LogP contribution in [0.15, 0.2) is 22.7 Å². The normalized spacial score (nSPS) is 17.2. The molecule has 0 heterocycles. The summed E-state index contributed by atoms with van der Waals surface area (Å²) in [5, 5.41) is 0. The second kappa shape index (κ2) is 5.17. The van der Waals surface area contributed by atoms with Gasteiger partial charge in [-0.1, -0.05) is 18.9 Å². The van der Waals surface area contributed by atoms with Crippen LogP contribution >= 0.6 is 15.9 Å². The molecule has 3 nitrogen and oxygen atoms in total. The molecule has 16 heavy (non-hydrogen) atoms. The lowest BCUT2D eigenvalue weighted by atomic mass is 10.0. The van der Waals surface area contributed by atoms with E-state index < -0.39 is 0 Å². The second-order valence-corrected chi connectivity index (χ2v) is 5.15. The van der Waals surface area contributed by atoms with Crippen LogP contribution in [0.2, 0.25) is 0 Å². The van der Waals surface area contributed by atoms with Crippen molar-refractivity contribution in [2.45, 2.75) is 25.3 Å². The van der Waals surface area contributed by atoms with E-state index in [0.29, 0.717) is 0 Å². The molecule has 1 fully saturated rings. The summed E-state index contributed by atoms with van der Waals surface area (Å²) in [6, 6.07) is 6.36. The molecule has 0 spiro atoms. The number of hydrazine groups is 1. The first kappa shape index (κ1) is 11.9. The van der Waals surface area contributed by atoms with E-state index in [1.54, 1.807) is 7.11 Å². The van der Waals surface area contributed by atoms with Gasteiger partial charge in [0.1, 0.15) is 5.75 Å². The summed E-state index contributed by atoms with van der Waals surface area (Å²) < 4.78 is 6.18. The fraction of sp³-hybridized carbons (Fsp3) is 0.500. The van der Waals surface area contributed by atoms with E-state index in [2.05, 4.69) is 33.5 Å². The van der Waals surface area contributed by atoms with Gasteiger partial charge in [-0.2, -0.15) is 0 Å². The average molecular weight is 285 g/mol. The summed E-state index contributed by atoms with van der Waals surface area (Å²) in [4.78, 5) is 0. The number of hydrogen-bond donors (Lipinski definition) is 2. The van der Waals surface area contributed by atoms with Crippen LogP contribution in [-0.4, -0.2) is 7.11 Å². The van der Waals surface area contributed by atoms with Gasteiger partial charge in [0, 0.05) is 6.04 Å². The molecule has 1 aliphatic carbocycles. The Bertz CT molecular complexity index is 366. The topological polar surface area (TPSA) is 47.3 Å². The predicted molar refractivity (Wildman–Crippen MR) is 68.1 cm³/mol. The van der Waals surface area contributed by atoms with Crippen molar-refractivity contribution in [2.24, 2.45) is 11.8 Å². The number of nitrogens with one attached hydrogen (secondary N) is 1. The molecule has 1 aromatic carbocycles. The highest BCUT2D eigenvalue weighted by Gasteiger charge is 2.25. The zero-order valence-electron chi connectivity index (χ0n) is 9.37. The number of benzene rings is 1. The second-order valence-electron chi connectivity index (χ2n) is 4.29. The summed E-state index contributed by atoms with van der Waals surface area (Å²) in [5.74, 6) is 7.31. The highest BCUT2D eigenvalue weighted by atomic mass is 79.9. The summed E-state index contributed by atoms with van der Waals surface area (Å²) in [7, 11) is 1.67. The van der Waals surface area contributed by atoms with Crippen LogP contribution in [0.3, 0.4) is 0 Å². The summed E-state index contributed by atoms with van der Waals surface area (Å²) in [5.41, 5.74) is 4.10. The van der Waals surface area contributed by atoms with Gasteiger partial charge in [0.2, 0.25) is 0 Å². The molecule has 1 aromatic rings. The number of methoxy groups -OCH3 is 1. The standard InChI is InChI=1S/C12H17BrN2O/c1-16-12-5-4-9(7-10(12)13)11(15-14)6-8-2-3-8/h4-5,7-8,11,15H,2-3,6,14H2,1H3. The lowest BCUT2D eigenvalue weighted by Gasteiger charge is -2.17. The lowest BCUT2D eigenvalue weighted by Crippen LogP contribution is -2.28. The Morgan fingerprint density at radius 3 is 2.81 bits per heavy atom. The maximum atomic E-state index is 5.60. The van der Waals surface area contributed by atoms with E-state index in [4.69, 9.17) is 10.6 Å². The minimum atomic E-state index is 0.245. The van der Waals surface area contributed by atoms with E-state index in [0.717, 1.165) is 22.6 Å². The van der Waals surface area contributed by atoms with Crippen molar-refractivity contribution in [1.82, 2.24) is 5.43 Å². The molecule has 88 valence electrons. The number of rotatable bonds is 5. The molecule has 1 saturated carbocycles.